The van der Waals surface area contributed by atoms with Gasteiger partial charge in [-0.05, 0) is 24.1 Å². The van der Waals surface area contributed by atoms with Crippen LogP contribution in [0.2, 0.25) is 0 Å². The summed E-state index contributed by atoms with van der Waals surface area (Å²) >= 11 is 0. The molecule has 0 radical (unpaired) electrons. The molecule has 5 heteroatoms. The van der Waals surface area contributed by atoms with Gasteiger partial charge in [-0.3, -0.25) is 4.79 Å². The molecule has 1 saturated heterocycles. The molecular weight excluding hydrogens is 225 g/mol. The molecule has 0 aromatic heterocycles. The van der Waals surface area contributed by atoms with E-state index in [0.29, 0.717) is 11.1 Å². The van der Waals surface area contributed by atoms with Crippen LogP contribution in [0.4, 0.5) is 4.39 Å². The highest BCUT2D eigenvalue weighted by molar-refractivity contribution is 5.89. The molecule has 1 aromatic carbocycles. The number of aryl methyl sites for hydroxylation is 1. The number of amides is 1. The molecule has 1 aliphatic rings. The Kier molecular flexibility index (Phi) is 2.83. The molecule has 0 aliphatic carbocycles. The molecule has 90 valence electrons. The number of aliphatic carboxylic acids is 1. The zero-order valence-electron chi connectivity index (χ0n) is 9.24. The third-order valence-electron chi connectivity index (χ3n) is 3.01. The van der Waals surface area contributed by atoms with Crippen molar-refractivity contribution >= 4 is 11.9 Å². The Morgan fingerprint density at radius 1 is 1.53 bits per heavy atom. The first-order chi connectivity index (χ1) is 7.99. The van der Waals surface area contributed by atoms with E-state index in [4.69, 9.17) is 5.11 Å². The van der Waals surface area contributed by atoms with Crippen LogP contribution < -0.4 is 5.32 Å². The summed E-state index contributed by atoms with van der Waals surface area (Å²) in [6.07, 6.45) is 0.0828. The number of rotatable bonds is 2. The molecule has 1 heterocycles. The van der Waals surface area contributed by atoms with E-state index in [1.54, 1.807) is 19.1 Å². The number of halogens is 1. The van der Waals surface area contributed by atoms with Crippen molar-refractivity contribution in [2.24, 2.45) is 0 Å². The molecule has 0 bridgehead atoms. The first-order valence-electron chi connectivity index (χ1n) is 5.27. The smallest absolute Gasteiger partial charge is 0.326 e. The van der Waals surface area contributed by atoms with Gasteiger partial charge in [-0.2, -0.15) is 0 Å². The van der Waals surface area contributed by atoms with Crippen molar-refractivity contribution in [3.05, 3.63) is 35.1 Å². The van der Waals surface area contributed by atoms with Crippen LogP contribution in [-0.2, 0) is 9.59 Å². The third kappa shape index (κ3) is 2.13. The van der Waals surface area contributed by atoms with Gasteiger partial charge in [0, 0.05) is 12.3 Å². The average Bonchev–Trinajstić information content (AvgIpc) is 2.64. The highest BCUT2D eigenvalue weighted by atomic mass is 19.1. The zero-order valence-corrected chi connectivity index (χ0v) is 9.24. The number of benzene rings is 1. The van der Waals surface area contributed by atoms with E-state index in [0.717, 1.165) is 0 Å². The second kappa shape index (κ2) is 4.16. The fourth-order valence-electron chi connectivity index (χ4n) is 2.03. The van der Waals surface area contributed by atoms with Crippen molar-refractivity contribution in [2.75, 3.05) is 0 Å². The van der Waals surface area contributed by atoms with Gasteiger partial charge < -0.3 is 10.4 Å². The summed E-state index contributed by atoms with van der Waals surface area (Å²) in [4.78, 5) is 22.2. The molecule has 2 unspecified atom stereocenters. The van der Waals surface area contributed by atoms with E-state index in [9.17, 15) is 14.0 Å². The lowest BCUT2D eigenvalue weighted by Gasteiger charge is -2.15. The van der Waals surface area contributed by atoms with Crippen LogP contribution in [0.5, 0.6) is 0 Å². The van der Waals surface area contributed by atoms with Gasteiger partial charge in [-0.25, -0.2) is 9.18 Å². The monoisotopic (exact) mass is 237 g/mol. The van der Waals surface area contributed by atoms with Gasteiger partial charge in [-0.15, -0.1) is 0 Å². The Morgan fingerprint density at radius 3 is 2.82 bits per heavy atom. The molecule has 2 N–H and O–H groups in total. The van der Waals surface area contributed by atoms with E-state index < -0.39 is 17.9 Å². The second-order valence-electron chi connectivity index (χ2n) is 4.20. The van der Waals surface area contributed by atoms with Crippen LogP contribution >= 0.6 is 0 Å². The number of nitrogens with one attached hydrogen (secondary N) is 1. The second-order valence-corrected chi connectivity index (χ2v) is 4.20. The van der Waals surface area contributed by atoms with Crippen LogP contribution in [0.25, 0.3) is 0 Å². The highest BCUT2D eigenvalue weighted by Crippen LogP contribution is 2.29. The molecule has 1 amide bonds. The predicted molar refractivity (Wildman–Crippen MR) is 58.1 cm³/mol. The summed E-state index contributed by atoms with van der Waals surface area (Å²) < 4.78 is 13.4. The molecule has 4 nitrogen and oxygen atoms in total. The molecule has 2 rings (SSSR count). The Hall–Kier alpha value is -1.91. The Labute approximate surface area is 97.4 Å². The van der Waals surface area contributed by atoms with Crippen molar-refractivity contribution < 1.29 is 19.1 Å². The van der Waals surface area contributed by atoms with E-state index in [-0.39, 0.29) is 18.1 Å². The number of carbonyl (C=O) groups is 2. The number of carboxylic acid groups (broad SMARTS) is 1. The maximum Gasteiger partial charge on any atom is 0.326 e. The molecule has 17 heavy (non-hydrogen) atoms. The first-order valence-corrected chi connectivity index (χ1v) is 5.27. The maximum atomic E-state index is 13.4. The highest BCUT2D eigenvalue weighted by Gasteiger charge is 2.38. The summed E-state index contributed by atoms with van der Waals surface area (Å²) in [6, 6.07) is 3.59. The minimum Gasteiger partial charge on any atom is -0.480 e. The van der Waals surface area contributed by atoms with E-state index in [2.05, 4.69) is 5.32 Å². The maximum absolute atomic E-state index is 13.4. The normalized spacial score (nSPS) is 23.5. The van der Waals surface area contributed by atoms with E-state index >= 15 is 0 Å². The fourth-order valence-corrected chi connectivity index (χ4v) is 2.03. The summed E-state index contributed by atoms with van der Waals surface area (Å²) in [5.41, 5.74) is 1.04. The van der Waals surface area contributed by atoms with Crippen LogP contribution in [0.15, 0.2) is 18.2 Å². The molecule has 1 aromatic rings. The summed E-state index contributed by atoms with van der Waals surface area (Å²) in [5, 5.41) is 11.4. The van der Waals surface area contributed by atoms with Crippen molar-refractivity contribution in [1.82, 2.24) is 5.32 Å². The Bertz CT molecular complexity index is 487. The van der Waals surface area contributed by atoms with Crippen LogP contribution in [0, 0.1) is 12.7 Å². The molecule has 2 atom stereocenters. The van der Waals surface area contributed by atoms with Crippen molar-refractivity contribution in [2.45, 2.75) is 25.3 Å². The molecular formula is C12H12FNO3. The quantitative estimate of drug-likeness (QED) is 0.812. The predicted octanol–water partition coefficient (Wildman–Crippen LogP) is 1.19. The largest absolute Gasteiger partial charge is 0.480 e. The number of carboxylic acids is 1. The van der Waals surface area contributed by atoms with Crippen molar-refractivity contribution in [1.29, 1.82) is 0 Å². The molecule has 0 spiro atoms. The van der Waals surface area contributed by atoms with Crippen LogP contribution in [0.1, 0.15) is 23.5 Å². The van der Waals surface area contributed by atoms with Crippen molar-refractivity contribution in [3.8, 4) is 0 Å². The fraction of sp³-hybridized carbons (Fsp3) is 0.333. The lowest BCUT2D eigenvalue weighted by atomic mass is 9.91. The SMILES string of the molecule is Cc1ccc(C2CC(=O)NC2C(=O)O)cc1F. The minimum absolute atomic E-state index is 0.0828. The number of hydrogen-bond donors (Lipinski definition) is 2. The molecule has 0 saturated carbocycles. The van der Waals surface area contributed by atoms with Gasteiger partial charge in [0.2, 0.25) is 5.91 Å². The topological polar surface area (TPSA) is 66.4 Å². The Morgan fingerprint density at radius 2 is 2.24 bits per heavy atom. The minimum atomic E-state index is -1.10. The lowest BCUT2D eigenvalue weighted by Crippen LogP contribution is -2.36. The molecule has 1 aliphatic heterocycles. The lowest BCUT2D eigenvalue weighted by molar-refractivity contribution is -0.140. The first kappa shape index (κ1) is 11.6. The zero-order chi connectivity index (χ0) is 12.6. The molecule has 1 fully saturated rings. The summed E-state index contributed by atoms with van der Waals surface area (Å²) in [6.45, 7) is 1.63. The van der Waals surface area contributed by atoms with Crippen molar-refractivity contribution in [3.63, 3.8) is 0 Å². The number of hydrogen-bond acceptors (Lipinski definition) is 2. The van der Waals surface area contributed by atoms with Crippen LogP contribution in [0.3, 0.4) is 0 Å². The van der Waals surface area contributed by atoms with Gasteiger partial charge in [0.1, 0.15) is 11.9 Å². The number of carbonyl (C=O) groups excluding carboxylic acids is 1. The van der Waals surface area contributed by atoms with Gasteiger partial charge in [0.05, 0.1) is 0 Å². The van der Waals surface area contributed by atoms with Gasteiger partial charge in [-0.1, -0.05) is 12.1 Å². The summed E-state index contributed by atoms with van der Waals surface area (Å²) in [5.74, 6) is -2.30. The van der Waals surface area contributed by atoms with E-state index in [1.807, 2.05) is 0 Å². The van der Waals surface area contributed by atoms with Gasteiger partial charge >= 0.3 is 5.97 Å². The Balaban J connectivity index is 2.34. The van der Waals surface area contributed by atoms with Crippen LogP contribution in [-0.4, -0.2) is 23.0 Å². The third-order valence-corrected chi connectivity index (χ3v) is 3.01. The standard InChI is InChI=1S/C12H12FNO3/c1-6-2-3-7(4-9(6)13)8-5-10(15)14-11(8)12(16)17/h2-4,8,11H,5H2,1H3,(H,14,15)(H,16,17). The van der Waals surface area contributed by atoms with Gasteiger partial charge in [0.25, 0.3) is 0 Å². The van der Waals surface area contributed by atoms with E-state index in [1.165, 1.54) is 6.07 Å². The van der Waals surface area contributed by atoms with Gasteiger partial charge in [0.15, 0.2) is 0 Å². The summed E-state index contributed by atoms with van der Waals surface area (Å²) in [7, 11) is 0. The average molecular weight is 237 g/mol.